The molecule has 11 heteroatoms. The normalized spacial score (nSPS) is 12.7. The molecule has 4 aromatic rings. The van der Waals surface area contributed by atoms with Crippen LogP contribution in [-0.2, 0) is 25.9 Å². The summed E-state index contributed by atoms with van der Waals surface area (Å²) >= 11 is 0. The minimum absolute atomic E-state index is 0.0853. The Kier molecular flexibility index (Phi) is 10.5. The number of nitrogens with one attached hydrogen (secondary N) is 2. The van der Waals surface area contributed by atoms with Crippen LogP contribution in [-0.4, -0.2) is 57.9 Å². The van der Waals surface area contributed by atoms with Gasteiger partial charge in [-0.25, -0.2) is 18.0 Å². The second-order valence-electron chi connectivity index (χ2n) is 12.2. The number of likely N-dealkylation sites (N-methyl/N-ethyl adjacent to an activating group) is 1. The highest BCUT2D eigenvalue weighted by Crippen LogP contribution is 2.33. The van der Waals surface area contributed by atoms with Gasteiger partial charge < -0.3 is 19.5 Å². The van der Waals surface area contributed by atoms with Crippen LogP contribution in [0.5, 0.6) is 5.75 Å². The number of sulfonamides is 1. The van der Waals surface area contributed by atoms with Crippen LogP contribution in [0.25, 0.3) is 11.1 Å². The van der Waals surface area contributed by atoms with Gasteiger partial charge >= 0.3 is 12.1 Å². The molecule has 1 atom stereocenters. The number of benzene rings is 4. The van der Waals surface area contributed by atoms with Gasteiger partial charge in [-0.3, -0.25) is 9.62 Å². The van der Waals surface area contributed by atoms with Crippen molar-refractivity contribution in [2.24, 2.45) is 0 Å². The maximum Gasteiger partial charge on any atom is 0.411 e. The lowest BCUT2D eigenvalue weighted by atomic mass is 9.99. The first kappa shape index (κ1) is 34.8. The fourth-order valence-corrected chi connectivity index (χ4v) is 6.21. The molecule has 0 aliphatic rings. The lowest BCUT2D eigenvalue weighted by Crippen LogP contribution is -2.55. The van der Waals surface area contributed by atoms with E-state index in [1.54, 1.807) is 88.5 Å². The average molecular weight is 660 g/mol. The van der Waals surface area contributed by atoms with E-state index in [9.17, 15) is 18.0 Å². The maximum atomic E-state index is 13.8. The molecule has 0 heterocycles. The summed E-state index contributed by atoms with van der Waals surface area (Å²) in [6, 6.07) is 28.0. The van der Waals surface area contributed by atoms with E-state index in [0.29, 0.717) is 28.8 Å². The van der Waals surface area contributed by atoms with Crippen molar-refractivity contribution in [1.82, 2.24) is 4.90 Å². The SMILES string of the molecule is COC(=O)c1cccc(-c2ccc(OC)c(S(=O)(=O)Nc3cccc(NC(C)(Cc4ccccc4)N(C)C(=O)OC(C)(C)C)c3)c2)c1. The smallest absolute Gasteiger partial charge is 0.411 e. The summed E-state index contributed by atoms with van der Waals surface area (Å²) in [4.78, 5) is 26.7. The summed E-state index contributed by atoms with van der Waals surface area (Å²) in [5.41, 5.74) is 1.72. The second-order valence-corrected chi connectivity index (χ2v) is 13.9. The van der Waals surface area contributed by atoms with Crippen LogP contribution in [0.2, 0.25) is 0 Å². The van der Waals surface area contributed by atoms with E-state index >= 15 is 0 Å². The number of carbonyl (C=O) groups excluding carboxylic acids is 2. The number of rotatable bonds is 11. The Bertz CT molecular complexity index is 1840. The van der Waals surface area contributed by atoms with E-state index in [4.69, 9.17) is 14.2 Å². The van der Waals surface area contributed by atoms with Crippen molar-refractivity contribution in [2.45, 2.75) is 50.3 Å². The first-order valence-corrected chi connectivity index (χ1v) is 16.4. The first-order valence-electron chi connectivity index (χ1n) is 14.9. The van der Waals surface area contributed by atoms with E-state index in [1.165, 1.54) is 25.2 Å². The van der Waals surface area contributed by atoms with Crippen molar-refractivity contribution >= 4 is 33.5 Å². The summed E-state index contributed by atoms with van der Waals surface area (Å²) in [5.74, 6) is -0.352. The number of carbonyl (C=O) groups is 2. The molecule has 0 saturated heterocycles. The predicted molar refractivity (Wildman–Crippen MR) is 183 cm³/mol. The van der Waals surface area contributed by atoms with Crippen molar-refractivity contribution in [3.05, 3.63) is 108 Å². The zero-order chi connectivity index (χ0) is 34.4. The molecule has 0 spiro atoms. The van der Waals surface area contributed by atoms with Gasteiger partial charge in [-0.1, -0.05) is 54.6 Å². The molecule has 248 valence electrons. The van der Waals surface area contributed by atoms with Crippen LogP contribution in [0.1, 0.15) is 43.6 Å². The van der Waals surface area contributed by atoms with Crippen molar-refractivity contribution in [1.29, 1.82) is 0 Å². The molecule has 0 aromatic heterocycles. The fraction of sp³-hybridized carbons (Fsp3) is 0.278. The summed E-state index contributed by atoms with van der Waals surface area (Å²) in [7, 11) is 0.200. The molecule has 1 amide bonds. The average Bonchev–Trinajstić information content (AvgIpc) is 3.03. The lowest BCUT2D eigenvalue weighted by Gasteiger charge is -2.41. The Morgan fingerprint density at radius 3 is 2.11 bits per heavy atom. The van der Waals surface area contributed by atoms with Gasteiger partial charge in [0.15, 0.2) is 0 Å². The fourth-order valence-electron chi connectivity index (χ4n) is 4.96. The topological polar surface area (TPSA) is 123 Å². The quantitative estimate of drug-likeness (QED) is 0.128. The predicted octanol–water partition coefficient (Wildman–Crippen LogP) is 7.19. The number of methoxy groups -OCH3 is 2. The number of ether oxygens (including phenoxy) is 3. The molecule has 0 bridgehead atoms. The van der Waals surface area contributed by atoms with E-state index in [-0.39, 0.29) is 16.3 Å². The first-order chi connectivity index (χ1) is 22.1. The van der Waals surface area contributed by atoms with Crippen LogP contribution in [0.15, 0.2) is 102 Å². The number of nitrogens with zero attached hydrogens (tertiary/aromatic N) is 1. The Balaban J connectivity index is 1.65. The molecule has 0 aliphatic carbocycles. The summed E-state index contributed by atoms with van der Waals surface area (Å²) in [5, 5.41) is 3.44. The second kappa shape index (κ2) is 14.2. The molecule has 0 fully saturated rings. The van der Waals surface area contributed by atoms with Crippen LogP contribution in [0.3, 0.4) is 0 Å². The minimum atomic E-state index is -4.16. The van der Waals surface area contributed by atoms with E-state index in [0.717, 1.165) is 5.56 Å². The van der Waals surface area contributed by atoms with Gasteiger partial charge in [0.25, 0.3) is 10.0 Å². The van der Waals surface area contributed by atoms with Crippen molar-refractivity contribution < 1.29 is 32.2 Å². The van der Waals surface area contributed by atoms with Crippen LogP contribution >= 0.6 is 0 Å². The van der Waals surface area contributed by atoms with Gasteiger partial charge in [0.2, 0.25) is 0 Å². The maximum absolute atomic E-state index is 13.8. The van der Waals surface area contributed by atoms with Crippen molar-refractivity contribution in [3.8, 4) is 16.9 Å². The molecular formula is C36H41N3O7S. The number of anilines is 2. The number of esters is 1. The van der Waals surface area contributed by atoms with E-state index in [1.807, 2.05) is 37.3 Å². The van der Waals surface area contributed by atoms with Crippen LogP contribution in [0.4, 0.5) is 16.2 Å². The third-order valence-corrected chi connectivity index (χ3v) is 8.80. The summed E-state index contributed by atoms with van der Waals surface area (Å²) < 4.78 is 46.2. The number of hydrogen-bond acceptors (Lipinski definition) is 8. The van der Waals surface area contributed by atoms with Gasteiger partial charge in [0.05, 0.1) is 25.5 Å². The Morgan fingerprint density at radius 2 is 1.45 bits per heavy atom. The monoisotopic (exact) mass is 659 g/mol. The molecule has 0 aliphatic heterocycles. The summed E-state index contributed by atoms with van der Waals surface area (Å²) in [6.45, 7) is 7.30. The third kappa shape index (κ3) is 8.82. The Hall–Kier alpha value is -5.03. The van der Waals surface area contributed by atoms with Gasteiger partial charge in [0, 0.05) is 19.2 Å². The van der Waals surface area contributed by atoms with Crippen LogP contribution in [0, 0.1) is 0 Å². The largest absolute Gasteiger partial charge is 0.495 e. The highest BCUT2D eigenvalue weighted by Gasteiger charge is 2.35. The lowest BCUT2D eigenvalue weighted by molar-refractivity contribution is 0.0126. The molecular weight excluding hydrogens is 618 g/mol. The van der Waals surface area contributed by atoms with Gasteiger partial charge in [0.1, 0.15) is 21.9 Å². The molecule has 1 unspecified atom stereocenters. The highest BCUT2D eigenvalue weighted by atomic mass is 32.2. The molecule has 0 radical (unpaired) electrons. The highest BCUT2D eigenvalue weighted by molar-refractivity contribution is 7.92. The van der Waals surface area contributed by atoms with Gasteiger partial charge in [-0.05, 0) is 86.8 Å². The number of hydrogen-bond donors (Lipinski definition) is 2. The molecule has 10 nitrogen and oxygen atoms in total. The van der Waals surface area contributed by atoms with Gasteiger partial charge in [-0.15, -0.1) is 0 Å². The standard InChI is InChI=1S/C36H41N3O7S/c1-35(2,3)46-34(41)39(5)36(4,24-25-13-9-8-10-14-25)37-29-17-12-18-30(23-29)38-47(42,43)32-22-27(19-20-31(32)44-6)26-15-11-16-28(21-26)33(40)45-7/h8-23,37-38H,24H2,1-7H3. The van der Waals surface area contributed by atoms with E-state index < -0.39 is 33.3 Å². The van der Waals surface area contributed by atoms with Gasteiger partial charge in [-0.2, -0.15) is 0 Å². The minimum Gasteiger partial charge on any atom is -0.495 e. The Morgan fingerprint density at radius 1 is 0.787 bits per heavy atom. The van der Waals surface area contributed by atoms with E-state index in [2.05, 4.69) is 10.0 Å². The number of amides is 1. The molecule has 47 heavy (non-hydrogen) atoms. The zero-order valence-electron chi connectivity index (χ0n) is 27.7. The third-order valence-electron chi connectivity index (χ3n) is 7.40. The summed E-state index contributed by atoms with van der Waals surface area (Å²) in [6.07, 6.45) is -0.0786. The zero-order valence-corrected chi connectivity index (χ0v) is 28.5. The van der Waals surface area contributed by atoms with Crippen LogP contribution < -0.4 is 14.8 Å². The molecule has 4 rings (SSSR count). The molecule has 2 N–H and O–H groups in total. The van der Waals surface area contributed by atoms with Crippen molar-refractivity contribution in [2.75, 3.05) is 31.3 Å². The molecule has 0 saturated carbocycles. The van der Waals surface area contributed by atoms with Crippen molar-refractivity contribution in [3.63, 3.8) is 0 Å². The molecule has 4 aromatic carbocycles. The Labute approximate surface area is 276 Å².